The van der Waals surface area contributed by atoms with Gasteiger partial charge in [0.2, 0.25) is 0 Å². The molecule has 0 saturated carbocycles. The molecule has 0 atom stereocenters. The molecule has 1 heterocycles. The summed E-state index contributed by atoms with van der Waals surface area (Å²) in [7, 11) is 1.76. The summed E-state index contributed by atoms with van der Waals surface area (Å²) >= 11 is 0. The average molecular weight is 217 g/mol. The van der Waals surface area contributed by atoms with Crippen molar-refractivity contribution in [2.45, 2.75) is 6.92 Å². The van der Waals surface area contributed by atoms with E-state index in [1.807, 2.05) is 13.0 Å². The molecule has 0 N–H and O–H groups in total. The van der Waals surface area contributed by atoms with Crippen molar-refractivity contribution < 1.29 is 4.92 Å². The van der Waals surface area contributed by atoms with Crippen LogP contribution in [0, 0.1) is 10.1 Å². The number of aryl methyl sites for hydroxylation is 1. The van der Waals surface area contributed by atoms with Crippen LogP contribution in [0.1, 0.15) is 12.5 Å². The van der Waals surface area contributed by atoms with Gasteiger partial charge in [-0.15, -0.1) is 0 Å². The lowest BCUT2D eigenvalue weighted by molar-refractivity contribution is -0.383. The highest BCUT2D eigenvalue weighted by atomic mass is 16.6. The first-order valence-corrected chi connectivity index (χ1v) is 4.76. The second-order valence-electron chi connectivity index (χ2n) is 3.73. The minimum Gasteiger partial charge on any atom is -0.268 e. The summed E-state index contributed by atoms with van der Waals surface area (Å²) in [4.78, 5) is 10.5. The van der Waals surface area contributed by atoms with Crippen molar-refractivity contribution in [2.75, 3.05) is 0 Å². The van der Waals surface area contributed by atoms with Gasteiger partial charge in [0.25, 0.3) is 5.69 Å². The highest BCUT2D eigenvalue weighted by Crippen LogP contribution is 2.29. The zero-order valence-corrected chi connectivity index (χ0v) is 9.10. The molecule has 16 heavy (non-hydrogen) atoms. The summed E-state index contributed by atoms with van der Waals surface area (Å²) in [6, 6.07) is 3.39. The van der Waals surface area contributed by atoms with Crippen molar-refractivity contribution in [3.63, 3.8) is 0 Å². The first kappa shape index (κ1) is 10.4. The maximum Gasteiger partial charge on any atom is 0.280 e. The highest BCUT2D eigenvalue weighted by molar-refractivity contribution is 5.91. The van der Waals surface area contributed by atoms with Gasteiger partial charge >= 0.3 is 0 Å². The number of allylic oxidation sites excluding steroid dienone is 1. The maximum atomic E-state index is 10.9. The second-order valence-corrected chi connectivity index (χ2v) is 3.73. The van der Waals surface area contributed by atoms with E-state index in [-0.39, 0.29) is 5.69 Å². The standard InChI is InChI=1S/C11H11N3O2/c1-7(2)8-4-10-9(6-12-13(10)3)11(5-8)14(15)16/h4-6H,1H2,2-3H3. The van der Waals surface area contributed by atoms with Gasteiger partial charge in [-0.1, -0.05) is 12.2 Å². The summed E-state index contributed by atoms with van der Waals surface area (Å²) in [6.45, 7) is 5.62. The number of rotatable bonds is 2. The van der Waals surface area contributed by atoms with E-state index in [4.69, 9.17) is 0 Å². The molecule has 1 aromatic carbocycles. The Morgan fingerprint density at radius 3 is 2.81 bits per heavy atom. The quantitative estimate of drug-likeness (QED) is 0.573. The Labute approximate surface area is 92.1 Å². The van der Waals surface area contributed by atoms with E-state index in [9.17, 15) is 10.1 Å². The van der Waals surface area contributed by atoms with Crippen molar-refractivity contribution in [3.05, 3.63) is 40.6 Å². The van der Waals surface area contributed by atoms with Gasteiger partial charge < -0.3 is 0 Å². The van der Waals surface area contributed by atoms with Crippen LogP contribution in [0.2, 0.25) is 0 Å². The summed E-state index contributed by atoms with van der Waals surface area (Å²) in [5, 5.41) is 15.5. The van der Waals surface area contributed by atoms with Crippen LogP contribution in [0.3, 0.4) is 0 Å². The molecule has 0 aliphatic heterocycles. The third-order valence-electron chi connectivity index (χ3n) is 2.53. The molecule has 0 saturated heterocycles. The molecule has 0 amide bonds. The van der Waals surface area contributed by atoms with Crippen molar-refractivity contribution in [1.29, 1.82) is 0 Å². The van der Waals surface area contributed by atoms with E-state index in [0.717, 1.165) is 16.7 Å². The molecule has 0 spiro atoms. The zero-order valence-electron chi connectivity index (χ0n) is 9.10. The lowest BCUT2D eigenvalue weighted by Gasteiger charge is -2.02. The third-order valence-corrected chi connectivity index (χ3v) is 2.53. The molecule has 0 aliphatic carbocycles. The first-order chi connectivity index (χ1) is 7.50. The number of hydrogen-bond donors (Lipinski definition) is 0. The van der Waals surface area contributed by atoms with Gasteiger partial charge in [-0.3, -0.25) is 14.8 Å². The fourth-order valence-corrected chi connectivity index (χ4v) is 1.63. The third kappa shape index (κ3) is 1.46. The Morgan fingerprint density at radius 2 is 2.25 bits per heavy atom. The molecule has 5 nitrogen and oxygen atoms in total. The van der Waals surface area contributed by atoms with E-state index in [0.29, 0.717) is 5.39 Å². The second kappa shape index (κ2) is 3.44. The summed E-state index contributed by atoms with van der Waals surface area (Å²) in [5.74, 6) is 0. The normalized spacial score (nSPS) is 10.6. The van der Waals surface area contributed by atoms with Crippen molar-refractivity contribution in [1.82, 2.24) is 9.78 Å². The predicted molar refractivity (Wildman–Crippen MR) is 62.1 cm³/mol. The van der Waals surface area contributed by atoms with Gasteiger partial charge in [0.15, 0.2) is 0 Å². The smallest absolute Gasteiger partial charge is 0.268 e. The zero-order chi connectivity index (χ0) is 11.9. The molecule has 2 rings (SSSR count). The van der Waals surface area contributed by atoms with E-state index in [1.54, 1.807) is 11.7 Å². The van der Waals surface area contributed by atoms with Crippen LogP contribution in [-0.4, -0.2) is 14.7 Å². The molecule has 0 aliphatic rings. The van der Waals surface area contributed by atoms with E-state index in [1.165, 1.54) is 12.3 Å². The number of non-ortho nitro benzene ring substituents is 1. The van der Waals surface area contributed by atoms with Crippen molar-refractivity contribution >= 4 is 22.2 Å². The van der Waals surface area contributed by atoms with Crippen LogP contribution < -0.4 is 0 Å². The number of nitrogens with zero attached hydrogens (tertiary/aromatic N) is 3. The minimum absolute atomic E-state index is 0.0728. The lowest BCUT2D eigenvalue weighted by atomic mass is 10.1. The van der Waals surface area contributed by atoms with E-state index in [2.05, 4.69) is 11.7 Å². The fourth-order valence-electron chi connectivity index (χ4n) is 1.63. The number of aromatic nitrogens is 2. The molecule has 0 radical (unpaired) electrons. The fraction of sp³-hybridized carbons (Fsp3) is 0.182. The van der Waals surface area contributed by atoms with Crippen molar-refractivity contribution in [2.24, 2.45) is 7.05 Å². The summed E-state index contributed by atoms with van der Waals surface area (Å²) in [5.41, 5.74) is 2.38. The van der Waals surface area contributed by atoms with E-state index < -0.39 is 4.92 Å². The number of hydrogen-bond acceptors (Lipinski definition) is 3. The number of nitro benzene ring substituents is 1. The molecule has 0 unspecified atom stereocenters. The van der Waals surface area contributed by atoms with Gasteiger partial charge in [-0.2, -0.15) is 5.10 Å². The molecule has 2 aromatic rings. The van der Waals surface area contributed by atoms with Crippen LogP contribution in [0.15, 0.2) is 24.9 Å². The minimum atomic E-state index is -0.392. The van der Waals surface area contributed by atoms with Gasteiger partial charge in [-0.25, -0.2) is 0 Å². The van der Waals surface area contributed by atoms with Crippen LogP contribution >= 0.6 is 0 Å². The average Bonchev–Trinajstić information content (AvgIpc) is 2.59. The van der Waals surface area contributed by atoms with Gasteiger partial charge in [0.05, 0.1) is 22.0 Å². The molecule has 0 fully saturated rings. The lowest BCUT2D eigenvalue weighted by Crippen LogP contribution is -1.93. The Kier molecular flexibility index (Phi) is 2.23. The van der Waals surface area contributed by atoms with E-state index >= 15 is 0 Å². The predicted octanol–water partition coefficient (Wildman–Crippen LogP) is 2.51. The molecular weight excluding hydrogens is 206 g/mol. The van der Waals surface area contributed by atoms with Crippen LogP contribution in [-0.2, 0) is 7.05 Å². The molecular formula is C11H11N3O2. The molecule has 5 heteroatoms. The number of benzene rings is 1. The number of fused-ring (bicyclic) bond motifs is 1. The Hall–Kier alpha value is -2.17. The van der Waals surface area contributed by atoms with Crippen LogP contribution in [0.4, 0.5) is 5.69 Å². The summed E-state index contributed by atoms with van der Waals surface area (Å²) < 4.78 is 1.62. The van der Waals surface area contributed by atoms with Gasteiger partial charge in [0.1, 0.15) is 0 Å². The SMILES string of the molecule is C=C(C)c1cc([N+](=O)[O-])c2cnn(C)c2c1. The van der Waals surface area contributed by atoms with Crippen LogP contribution in [0.25, 0.3) is 16.5 Å². The van der Waals surface area contributed by atoms with Gasteiger partial charge in [-0.05, 0) is 18.6 Å². The Balaban J connectivity index is 2.86. The van der Waals surface area contributed by atoms with Gasteiger partial charge in [0, 0.05) is 13.1 Å². The monoisotopic (exact) mass is 217 g/mol. The largest absolute Gasteiger partial charge is 0.280 e. The Morgan fingerprint density at radius 1 is 1.56 bits per heavy atom. The topological polar surface area (TPSA) is 61.0 Å². The molecule has 82 valence electrons. The van der Waals surface area contributed by atoms with Crippen LogP contribution in [0.5, 0.6) is 0 Å². The van der Waals surface area contributed by atoms with Crippen molar-refractivity contribution in [3.8, 4) is 0 Å². The first-order valence-electron chi connectivity index (χ1n) is 4.76. The molecule has 1 aromatic heterocycles. The number of nitro groups is 1. The Bertz CT molecular complexity index is 599. The highest BCUT2D eigenvalue weighted by Gasteiger charge is 2.16. The summed E-state index contributed by atoms with van der Waals surface area (Å²) in [6.07, 6.45) is 1.51. The maximum absolute atomic E-state index is 10.9. The molecule has 0 bridgehead atoms.